The quantitative estimate of drug-likeness (QED) is 0.513. The van der Waals surface area contributed by atoms with Crippen LogP contribution in [0.15, 0.2) is 0 Å². The number of aliphatic carboxylic acids is 1. The molecule has 3 N–H and O–H groups in total. The normalized spacial score (nSPS) is 28.7. The van der Waals surface area contributed by atoms with Gasteiger partial charge < -0.3 is 15.2 Å². The highest BCUT2D eigenvalue weighted by Gasteiger charge is 2.24. The van der Waals surface area contributed by atoms with Gasteiger partial charge in [-0.15, -0.1) is 0 Å². The van der Waals surface area contributed by atoms with Gasteiger partial charge in [0.2, 0.25) is 0 Å². The molecule has 5 heteroatoms. The Hall–Kier alpha value is -0.650. The fraction of sp³-hybridized carbons (Fsp3) is 0.875. The van der Waals surface area contributed by atoms with Gasteiger partial charge in [0, 0.05) is 19.7 Å². The Balaban J connectivity index is 2.18. The number of carboxylic acids is 1. The van der Waals surface area contributed by atoms with Crippen molar-refractivity contribution in [3.05, 3.63) is 0 Å². The van der Waals surface area contributed by atoms with E-state index in [0.717, 1.165) is 6.42 Å². The SMILES string of the molecule is COCN[C@@H]1CC[C@@H](C(=O)O)NC1. The lowest BCUT2D eigenvalue weighted by Gasteiger charge is -2.27. The summed E-state index contributed by atoms with van der Waals surface area (Å²) in [5.74, 6) is -0.759. The van der Waals surface area contributed by atoms with Crippen molar-refractivity contribution in [2.24, 2.45) is 0 Å². The molecule has 0 spiro atoms. The topological polar surface area (TPSA) is 70.6 Å². The molecule has 0 aromatic carbocycles. The maximum absolute atomic E-state index is 10.6. The summed E-state index contributed by atoms with van der Waals surface area (Å²) in [6, 6.07) is -0.0452. The van der Waals surface area contributed by atoms with E-state index >= 15 is 0 Å². The molecule has 0 radical (unpaired) electrons. The number of piperidine rings is 1. The molecule has 76 valence electrons. The lowest BCUT2D eigenvalue weighted by molar-refractivity contribution is -0.140. The van der Waals surface area contributed by atoms with Crippen LogP contribution in [0.1, 0.15) is 12.8 Å². The van der Waals surface area contributed by atoms with E-state index < -0.39 is 5.97 Å². The third-order valence-electron chi connectivity index (χ3n) is 2.23. The molecular formula is C8H16N2O3. The van der Waals surface area contributed by atoms with E-state index in [0.29, 0.717) is 25.7 Å². The highest BCUT2D eigenvalue weighted by molar-refractivity contribution is 5.73. The molecule has 1 saturated heterocycles. The monoisotopic (exact) mass is 188 g/mol. The van der Waals surface area contributed by atoms with Crippen LogP contribution in [-0.4, -0.2) is 43.5 Å². The van der Waals surface area contributed by atoms with Crippen LogP contribution in [0.5, 0.6) is 0 Å². The molecular weight excluding hydrogens is 172 g/mol. The fourth-order valence-corrected chi connectivity index (χ4v) is 1.44. The van der Waals surface area contributed by atoms with Crippen LogP contribution in [0.25, 0.3) is 0 Å². The molecule has 2 atom stereocenters. The van der Waals surface area contributed by atoms with Crippen molar-refractivity contribution in [1.82, 2.24) is 10.6 Å². The molecule has 1 aliphatic rings. The molecule has 1 heterocycles. The molecule has 0 bridgehead atoms. The van der Waals surface area contributed by atoms with Crippen LogP contribution in [0.4, 0.5) is 0 Å². The Morgan fingerprint density at radius 3 is 2.92 bits per heavy atom. The molecule has 0 aromatic heterocycles. The average molecular weight is 188 g/mol. The smallest absolute Gasteiger partial charge is 0.320 e. The van der Waals surface area contributed by atoms with Gasteiger partial charge in [0.1, 0.15) is 6.04 Å². The van der Waals surface area contributed by atoms with Gasteiger partial charge in [-0.05, 0) is 12.8 Å². The standard InChI is InChI=1S/C8H16N2O3/c1-13-5-10-6-2-3-7(8(11)12)9-4-6/h6-7,9-10H,2-5H2,1H3,(H,11,12)/t6-,7+/m1/s1. The summed E-state index contributed by atoms with van der Waals surface area (Å²) in [5.41, 5.74) is 0. The molecule has 1 rings (SSSR count). The van der Waals surface area contributed by atoms with E-state index in [1.165, 1.54) is 0 Å². The summed E-state index contributed by atoms with van der Waals surface area (Å²) in [5, 5.41) is 14.8. The van der Waals surface area contributed by atoms with Crippen molar-refractivity contribution >= 4 is 5.97 Å². The first kappa shape index (κ1) is 10.4. The highest BCUT2D eigenvalue weighted by atomic mass is 16.5. The third-order valence-corrected chi connectivity index (χ3v) is 2.23. The Kier molecular flexibility index (Phi) is 4.14. The van der Waals surface area contributed by atoms with Crippen molar-refractivity contribution in [1.29, 1.82) is 0 Å². The fourth-order valence-electron chi connectivity index (χ4n) is 1.44. The van der Waals surface area contributed by atoms with Crippen molar-refractivity contribution in [3.63, 3.8) is 0 Å². The van der Waals surface area contributed by atoms with Gasteiger partial charge in [-0.3, -0.25) is 10.1 Å². The second-order valence-electron chi connectivity index (χ2n) is 3.21. The first-order valence-corrected chi connectivity index (χ1v) is 4.42. The van der Waals surface area contributed by atoms with Gasteiger partial charge >= 0.3 is 5.97 Å². The minimum absolute atomic E-state index is 0.329. The summed E-state index contributed by atoms with van der Waals surface area (Å²) >= 11 is 0. The Labute approximate surface area is 77.5 Å². The maximum Gasteiger partial charge on any atom is 0.320 e. The molecule has 5 nitrogen and oxygen atoms in total. The van der Waals surface area contributed by atoms with Crippen LogP contribution < -0.4 is 10.6 Å². The van der Waals surface area contributed by atoms with Crippen molar-refractivity contribution in [2.45, 2.75) is 24.9 Å². The Bertz CT molecular complexity index is 167. The number of ether oxygens (including phenoxy) is 1. The zero-order chi connectivity index (χ0) is 9.68. The second kappa shape index (κ2) is 5.16. The Morgan fingerprint density at radius 1 is 1.69 bits per heavy atom. The number of hydrogen-bond donors (Lipinski definition) is 3. The van der Waals surface area contributed by atoms with E-state index in [1.807, 2.05) is 0 Å². The van der Waals surface area contributed by atoms with E-state index in [9.17, 15) is 4.79 Å². The molecule has 0 aromatic rings. The van der Waals surface area contributed by atoms with Crippen molar-refractivity contribution < 1.29 is 14.6 Å². The molecule has 0 saturated carbocycles. The van der Waals surface area contributed by atoms with Gasteiger partial charge in [-0.2, -0.15) is 0 Å². The molecule has 1 fully saturated rings. The third kappa shape index (κ3) is 3.30. The first-order chi connectivity index (χ1) is 6.24. The lowest BCUT2D eigenvalue weighted by Crippen LogP contribution is -2.50. The van der Waals surface area contributed by atoms with E-state index in [1.54, 1.807) is 7.11 Å². The van der Waals surface area contributed by atoms with Crippen LogP contribution in [-0.2, 0) is 9.53 Å². The van der Waals surface area contributed by atoms with Gasteiger partial charge in [-0.1, -0.05) is 0 Å². The highest BCUT2D eigenvalue weighted by Crippen LogP contribution is 2.07. The van der Waals surface area contributed by atoms with Crippen LogP contribution in [0, 0.1) is 0 Å². The summed E-state index contributed by atoms with van der Waals surface area (Å²) in [6.45, 7) is 1.21. The van der Waals surface area contributed by atoms with Crippen LogP contribution in [0.2, 0.25) is 0 Å². The summed E-state index contributed by atoms with van der Waals surface area (Å²) in [4.78, 5) is 10.6. The second-order valence-corrected chi connectivity index (χ2v) is 3.21. The molecule has 13 heavy (non-hydrogen) atoms. The number of nitrogens with one attached hydrogen (secondary N) is 2. The predicted molar refractivity (Wildman–Crippen MR) is 47.5 cm³/mol. The van der Waals surface area contributed by atoms with Gasteiger partial charge in [0.15, 0.2) is 0 Å². The van der Waals surface area contributed by atoms with E-state index in [4.69, 9.17) is 9.84 Å². The number of carbonyl (C=O) groups is 1. The molecule has 1 aliphatic heterocycles. The van der Waals surface area contributed by atoms with Crippen molar-refractivity contribution in [3.8, 4) is 0 Å². The van der Waals surface area contributed by atoms with Crippen LogP contribution in [0.3, 0.4) is 0 Å². The molecule has 0 aliphatic carbocycles. The number of rotatable bonds is 4. The maximum atomic E-state index is 10.6. The average Bonchev–Trinajstić information content (AvgIpc) is 2.15. The largest absolute Gasteiger partial charge is 0.480 e. The molecule has 0 amide bonds. The summed E-state index contributed by atoms with van der Waals surface area (Å²) in [7, 11) is 1.63. The Morgan fingerprint density at radius 2 is 2.46 bits per heavy atom. The zero-order valence-corrected chi connectivity index (χ0v) is 7.75. The van der Waals surface area contributed by atoms with E-state index in [-0.39, 0.29) is 6.04 Å². The molecule has 0 unspecified atom stereocenters. The number of methoxy groups -OCH3 is 1. The van der Waals surface area contributed by atoms with Crippen LogP contribution >= 0.6 is 0 Å². The number of carboxylic acid groups (broad SMARTS) is 1. The summed E-state index contributed by atoms with van der Waals surface area (Å²) in [6.07, 6.45) is 1.56. The van der Waals surface area contributed by atoms with E-state index in [2.05, 4.69) is 10.6 Å². The number of hydrogen-bond acceptors (Lipinski definition) is 4. The lowest BCUT2D eigenvalue weighted by atomic mass is 10.0. The predicted octanol–water partition coefficient (Wildman–Crippen LogP) is -0.615. The minimum Gasteiger partial charge on any atom is -0.480 e. The van der Waals surface area contributed by atoms with Gasteiger partial charge in [0.25, 0.3) is 0 Å². The zero-order valence-electron chi connectivity index (χ0n) is 7.75. The first-order valence-electron chi connectivity index (χ1n) is 4.42. The van der Waals surface area contributed by atoms with Gasteiger partial charge in [0.05, 0.1) is 6.73 Å². The minimum atomic E-state index is -0.759. The van der Waals surface area contributed by atoms with Gasteiger partial charge in [-0.25, -0.2) is 0 Å². The summed E-state index contributed by atoms with van der Waals surface area (Å²) < 4.78 is 4.86. The van der Waals surface area contributed by atoms with Crippen molar-refractivity contribution in [2.75, 3.05) is 20.4 Å².